The summed E-state index contributed by atoms with van der Waals surface area (Å²) in [5, 5.41) is 4.41. The Balaban J connectivity index is 2.33. The highest BCUT2D eigenvalue weighted by Gasteiger charge is 2.06. The van der Waals surface area contributed by atoms with Crippen LogP contribution in [0.2, 0.25) is 15.1 Å². The van der Waals surface area contributed by atoms with Gasteiger partial charge < -0.3 is 5.32 Å². The molecule has 0 radical (unpaired) electrons. The van der Waals surface area contributed by atoms with Crippen LogP contribution in [-0.4, -0.2) is 4.98 Å². The van der Waals surface area contributed by atoms with E-state index in [1.54, 1.807) is 12.1 Å². The first-order valence-corrected chi connectivity index (χ1v) is 6.53. The summed E-state index contributed by atoms with van der Waals surface area (Å²) in [6.07, 6.45) is 0. The molecule has 0 aliphatic carbocycles. The summed E-state index contributed by atoms with van der Waals surface area (Å²) in [5.74, 6) is 0.666. The molecular weight excluding hydrogens is 346 g/mol. The van der Waals surface area contributed by atoms with Crippen LogP contribution in [0, 0.1) is 0 Å². The van der Waals surface area contributed by atoms with E-state index in [4.69, 9.17) is 34.8 Å². The number of hydrogen-bond donors (Lipinski definition) is 1. The Labute approximate surface area is 122 Å². The molecule has 0 saturated heterocycles. The van der Waals surface area contributed by atoms with Crippen molar-refractivity contribution in [1.29, 1.82) is 0 Å². The summed E-state index contributed by atoms with van der Waals surface area (Å²) in [4.78, 5) is 4.23. The lowest BCUT2D eigenvalue weighted by atomic mass is 10.3. The summed E-state index contributed by atoms with van der Waals surface area (Å²) >= 11 is 21.1. The van der Waals surface area contributed by atoms with E-state index in [1.165, 1.54) is 0 Å². The third kappa shape index (κ3) is 3.26. The van der Waals surface area contributed by atoms with Crippen LogP contribution in [0.5, 0.6) is 0 Å². The van der Waals surface area contributed by atoms with Gasteiger partial charge in [0.1, 0.15) is 10.4 Å². The number of halogens is 4. The van der Waals surface area contributed by atoms with Gasteiger partial charge in [0.2, 0.25) is 0 Å². The third-order valence-electron chi connectivity index (χ3n) is 1.99. The topological polar surface area (TPSA) is 24.9 Å². The summed E-state index contributed by atoms with van der Waals surface area (Å²) < 4.78 is 0.735. The first kappa shape index (κ1) is 13.0. The molecule has 0 atom stereocenters. The average molecular weight is 352 g/mol. The lowest BCUT2D eigenvalue weighted by Gasteiger charge is -2.09. The predicted octanol–water partition coefficient (Wildman–Crippen LogP) is 5.55. The van der Waals surface area contributed by atoms with Crippen LogP contribution in [0.25, 0.3) is 0 Å². The molecule has 0 bridgehead atoms. The first-order chi connectivity index (χ1) is 8.06. The lowest BCUT2D eigenvalue weighted by molar-refractivity contribution is 1.26. The van der Waals surface area contributed by atoms with Crippen LogP contribution in [-0.2, 0) is 0 Å². The van der Waals surface area contributed by atoms with E-state index >= 15 is 0 Å². The number of rotatable bonds is 2. The van der Waals surface area contributed by atoms with Crippen LogP contribution >= 0.6 is 50.7 Å². The van der Waals surface area contributed by atoms with Crippen molar-refractivity contribution in [1.82, 2.24) is 4.98 Å². The maximum absolute atomic E-state index is 6.05. The maximum Gasteiger partial charge on any atom is 0.131 e. The minimum atomic E-state index is 0.421. The SMILES string of the molecule is Clc1cc(Cl)c(Nc2cccc(Br)n2)cc1Cl. The number of anilines is 2. The van der Waals surface area contributed by atoms with Gasteiger partial charge in [-0.25, -0.2) is 4.98 Å². The molecule has 17 heavy (non-hydrogen) atoms. The number of nitrogens with zero attached hydrogens (tertiary/aromatic N) is 1. The Kier molecular flexibility index (Phi) is 4.15. The van der Waals surface area contributed by atoms with Crippen molar-refractivity contribution in [2.75, 3.05) is 5.32 Å². The van der Waals surface area contributed by atoms with E-state index in [9.17, 15) is 0 Å². The standard InChI is InChI=1S/C11H6BrCl3N2/c12-10-2-1-3-11(17-10)16-9-5-7(14)6(13)4-8(9)15/h1-5H,(H,16,17). The Morgan fingerprint density at radius 3 is 2.41 bits per heavy atom. The van der Waals surface area contributed by atoms with Gasteiger partial charge >= 0.3 is 0 Å². The van der Waals surface area contributed by atoms with Crippen LogP contribution in [0.1, 0.15) is 0 Å². The average Bonchev–Trinajstić information content (AvgIpc) is 2.26. The van der Waals surface area contributed by atoms with Gasteiger partial charge in [-0.2, -0.15) is 0 Å². The van der Waals surface area contributed by atoms with Gasteiger partial charge in [-0.1, -0.05) is 40.9 Å². The molecule has 0 fully saturated rings. The molecule has 0 aliphatic rings. The van der Waals surface area contributed by atoms with E-state index < -0.39 is 0 Å². The van der Waals surface area contributed by atoms with E-state index in [1.807, 2.05) is 18.2 Å². The molecule has 1 aromatic carbocycles. The van der Waals surface area contributed by atoms with Crippen molar-refractivity contribution in [2.24, 2.45) is 0 Å². The minimum absolute atomic E-state index is 0.421. The Hall–Kier alpha value is -0.480. The summed E-state index contributed by atoms with van der Waals surface area (Å²) in [6.45, 7) is 0. The molecule has 1 N–H and O–H groups in total. The minimum Gasteiger partial charge on any atom is -0.339 e. The number of nitrogens with one attached hydrogen (secondary N) is 1. The van der Waals surface area contributed by atoms with Crippen LogP contribution < -0.4 is 5.32 Å². The molecule has 0 saturated carbocycles. The molecule has 88 valence electrons. The Morgan fingerprint density at radius 1 is 1.00 bits per heavy atom. The van der Waals surface area contributed by atoms with Crippen molar-refractivity contribution in [3.05, 3.63) is 50.0 Å². The second kappa shape index (κ2) is 5.44. The van der Waals surface area contributed by atoms with Gasteiger partial charge in [-0.15, -0.1) is 0 Å². The number of hydrogen-bond acceptors (Lipinski definition) is 2. The quantitative estimate of drug-likeness (QED) is 0.566. The number of aromatic nitrogens is 1. The number of pyridine rings is 1. The Bertz CT molecular complexity index is 560. The van der Waals surface area contributed by atoms with Gasteiger partial charge in [0, 0.05) is 0 Å². The van der Waals surface area contributed by atoms with E-state index in [-0.39, 0.29) is 0 Å². The smallest absolute Gasteiger partial charge is 0.131 e. The zero-order chi connectivity index (χ0) is 12.4. The van der Waals surface area contributed by atoms with Crippen molar-refractivity contribution in [3.8, 4) is 0 Å². The molecule has 2 rings (SSSR count). The Morgan fingerprint density at radius 2 is 1.71 bits per heavy atom. The van der Waals surface area contributed by atoms with Crippen molar-refractivity contribution < 1.29 is 0 Å². The summed E-state index contributed by atoms with van der Waals surface area (Å²) in [5.41, 5.74) is 0.659. The molecule has 0 amide bonds. The second-order valence-corrected chi connectivity index (χ2v) is 5.25. The fraction of sp³-hybridized carbons (Fsp3) is 0. The van der Waals surface area contributed by atoms with E-state index in [2.05, 4.69) is 26.2 Å². The number of benzene rings is 1. The van der Waals surface area contributed by atoms with Gasteiger partial charge in [0.25, 0.3) is 0 Å². The lowest BCUT2D eigenvalue weighted by Crippen LogP contribution is -1.94. The first-order valence-electron chi connectivity index (χ1n) is 4.60. The van der Waals surface area contributed by atoms with Crippen LogP contribution in [0.3, 0.4) is 0 Å². The summed E-state index contributed by atoms with van der Waals surface area (Å²) in [6, 6.07) is 8.77. The molecule has 2 nitrogen and oxygen atoms in total. The van der Waals surface area contributed by atoms with Gasteiger partial charge in [0.05, 0.1) is 20.8 Å². The van der Waals surface area contributed by atoms with Crippen molar-refractivity contribution in [2.45, 2.75) is 0 Å². The van der Waals surface area contributed by atoms with Gasteiger partial charge in [-0.05, 0) is 40.2 Å². The largest absolute Gasteiger partial charge is 0.339 e. The fourth-order valence-corrected chi connectivity index (χ4v) is 2.17. The summed E-state index contributed by atoms with van der Waals surface area (Å²) in [7, 11) is 0. The van der Waals surface area contributed by atoms with Gasteiger partial charge in [0.15, 0.2) is 0 Å². The molecule has 0 unspecified atom stereocenters. The fourth-order valence-electron chi connectivity index (χ4n) is 1.23. The highest BCUT2D eigenvalue weighted by molar-refractivity contribution is 9.10. The molecule has 1 aromatic heterocycles. The second-order valence-electron chi connectivity index (χ2n) is 3.22. The van der Waals surface area contributed by atoms with Crippen molar-refractivity contribution in [3.63, 3.8) is 0 Å². The third-order valence-corrected chi connectivity index (χ3v) is 3.46. The molecule has 0 spiro atoms. The zero-order valence-corrected chi connectivity index (χ0v) is 12.2. The molecule has 2 aromatic rings. The molecule has 6 heteroatoms. The van der Waals surface area contributed by atoms with E-state index in [0.29, 0.717) is 26.6 Å². The van der Waals surface area contributed by atoms with Crippen LogP contribution in [0.15, 0.2) is 34.9 Å². The van der Waals surface area contributed by atoms with Gasteiger partial charge in [-0.3, -0.25) is 0 Å². The molecule has 1 heterocycles. The maximum atomic E-state index is 6.05. The predicted molar refractivity (Wildman–Crippen MR) is 76.7 cm³/mol. The van der Waals surface area contributed by atoms with Crippen molar-refractivity contribution >= 4 is 62.2 Å². The van der Waals surface area contributed by atoms with Crippen LogP contribution in [0.4, 0.5) is 11.5 Å². The highest BCUT2D eigenvalue weighted by atomic mass is 79.9. The monoisotopic (exact) mass is 350 g/mol. The zero-order valence-electron chi connectivity index (χ0n) is 8.35. The molecular formula is C11H6BrCl3N2. The normalized spacial score (nSPS) is 10.4. The highest BCUT2D eigenvalue weighted by Crippen LogP contribution is 2.33. The van der Waals surface area contributed by atoms with E-state index in [0.717, 1.165) is 4.60 Å². The molecule has 0 aliphatic heterocycles.